The van der Waals surface area contributed by atoms with Gasteiger partial charge in [0.2, 0.25) is 5.91 Å². The lowest BCUT2D eigenvalue weighted by atomic mass is 10.1. The lowest BCUT2D eigenvalue weighted by Crippen LogP contribution is -2.48. The number of anilines is 2. The maximum absolute atomic E-state index is 12.1. The number of fused-ring (bicyclic) bond motifs is 3. The molecule has 1 fully saturated rings. The zero-order valence-electron chi connectivity index (χ0n) is 18.8. The molecule has 1 amide bonds. The first kappa shape index (κ1) is 24.6. The molecule has 8 nitrogen and oxygen atoms in total. The summed E-state index contributed by atoms with van der Waals surface area (Å²) >= 11 is 0. The van der Waals surface area contributed by atoms with Crippen molar-refractivity contribution in [3.8, 4) is 5.69 Å². The molecule has 1 saturated carbocycles. The van der Waals surface area contributed by atoms with Gasteiger partial charge in [0.15, 0.2) is 5.82 Å². The summed E-state index contributed by atoms with van der Waals surface area (Å²) in [7, 11) is 1.54. The molecule has 0 aromatic carbocycles. The van der Waals surface area contributed by atoms with E-state index in [9.17, 15) is 15.0 Å². The Hall–Kier alpha value is -2.45. The number of aryl methyl sites for hydroxylation is 1. The molecule has 8 heteroatoms. The lowest BCUT2D eigenvalue weighted by molar-refractivity contribution is -0.172. The zero-order valence-corrected chi connectivity index (χ0v) is 18.8. The van der Waals surface area contributed by atoms with Gasteiger partial charge in [-0.2, -0.15) is 5.10 Å². The number of hydrogen-bond acceptors (Lipinski definition) is 6. The second kappa shape index (κ2) is 10.4. The average Bonchev–Trinajstić information content (AvgIpc) is 3.52. The van der Waals surface area contributed by atoms with Crippen LogP contribution in [0.2, 0.25) is 0 Å². The third-order valence-corrected chi connectivity index (χ3v) is 4.30. The number of rotatable bonds is 2. The molecule has 1 aliphatic heterocycles. The second-order valence-corrected chi connectivity index (χ2v) is 6.07. The van der Waals surface area contributed by atoms with Crippen molar-refractivity contribution in [2.45, 2.75) is 67.2 Å². The van der Waals surface area contributed by atoms with Crippen molar-refractivity contribution in [1.82, 2.24) is 14.8 Å². The monoisotopic (exact) mass is 405 g/mol. The SMILES string of the molecule is CC.CC.CC.Cc1cc2n(n1)-c1ccnc(NC(=O)C3CC3)c1N(C)C2(O)O. The van der Waals surface area contributed by atoms with E-state index in [-0.39, 0.29) is 17.5 Å². The second-order valence-electron chi connectivity index (χ2n) is 6.07. The molecule has 2 aliphatic rings. The number of carbonyl (C=O) groups excluding carboxylic acids is 1. The molecule has 2 aromatic rings. The molecule has 0 bridgehead atoms. The minimum absolute atomic E-state index is 0.0251. The molecular formula is C21H35N5O3. The minimum atomic E-state index is -2.24. The predicted molar refractivity (Wildman–Crippen MR) is 116 cm³/mol. The van der Waals surface area contributed by atoms with E-state index < -0.39 is 5.91 Å². The van der Waals surface area contributed by atoms with Gasteiger partial charge in [-0.25, -0.2) is 9.67 Å². The quantitative estimate of drug-likeness (QED) is 0.660. The minimum Gasteiger partial charge on any atom is -0.344 e. The number of aromatic nitrogens is 3. The van der Waals surface area contributed by atoms with Crippen molar-refractivity contribution < 1.29 is 15.0 Å². The molecule has 0 spiro atoms. The molecular weight excluding hydrogens is 370 g/mol. The molecule has 2 aromatic heterocycles. The Morgan fingerprint density at radius 3 is 2.31 bits per heavy atom. The van der Waals surface area contributed by atoms with Gasteiger partial charge in [-0.1, -0.05) is 41.5 Å². The zero-order chi connectivity index (χ0) is 22.4. The Balaban J connectivity index is 0.000000644. The third kappa shape index (κ3) is 4.76. The number of nitrogens with zero attached hydrogens (tertiary/aromatic N) is 4. The van der Waals surface area contributed by atoms with E-state index in [2.05, 4.69) is 15.4 Å². The van der Waals surface area contributed by atoms with Crippen LogP contribution in [0, 0.1) is 12.8 Å². The van der Waals surface area contributed by atoms with E-state index >= 15 is 0 Å². The van der Waals surface area contributed by atoms with E-state index in [0.717, 1.165) is 12.8 Å². The van der Waals surface area contributed by atoms with Crippen LogP contribution in [0.5, 0.6) is 0 Å². The molecule has 0 unspecified atom stereocenters. The highest BCUT2D eigenvalue weighted by Crippen LogP contribution is 2.42. The van der Waals surface area contributed by atoms with Crippen LogP contribution in [0.15, 0.2) is 18.3 Å². The summed E-state index contributed by atoms with van der Waals surface area (Å²) in [5, 5.41) is 28.1. The topological polar surface area (TPSA) is 104 Å². The van der Waals surface area contributed by atoms with Crippen molar-refractivity contribution in [3.05, 3.63) is 29.7 Å². The maximum atomic E-state index is 12.1. The first-order chi connectivity index (χ1) is 13.9. The van der Waals surface area contributed by atoms with Gasteiger partial charge in [0.05, 0.1) is 11.4 Å². The fraction of sp³-hybridized carbons (Fsp3) is 0.571. The molecule has 3 N–H and O–H groups in total. The number of hydrogen-bond donors (Lipinski definition) is 3. The molecule has 29 heavy (non-hydrogen) atoms. The summed E-state index contributed by atoms with van der Waals surface area (Å²) in [6.45, 7) is 13.8. The van der Waals surface area contributed by atoms with Crippen LogP contribution in [0.25, 0.3) is 5.69 Å². The van der Waals surface area contributed by atoms with E-state index in [1.807, 2.05) is 41.5 Å². The summed E-state index contributed by atoms with van der Waals surface area (Å²) in [6, 6.07) is 3.34. The van der Waals surface area contributed by atoms with Crippen LogP contribution in [-0.2, 0) is 10.7 Å². The summed E-state index contributed by atoms with van der Waals surface area (Å²) in [5.74, 6) is -2.01. The Labute approximate surface area is 173 Å². The number of carbonyl (C=O) groups is 1. The van der Waals surface area contributed by atoms with Crippen LogP contribution in [0.4, 0.5) is 11.5 Å². The largest absolute Gasteiger partial charge is 0.344 e. The van der Waals surface area contributed by atoms with Crippen LogP contribution < -0.4 is 10.2 Å². The van der Waals surface area contributed by atoms with Gasteiger partial charge in [0.1, 0.15) is 11.4 Å². The number of amides is 1. The summed E-state index contributed by atoms with van der Waals surface area (Å²) in [6.07, 6.45) is 3.32. The summed E-state index contributed by atoms with van der Waals surface area (Å²) < 4.78 is 1.47. The fourth-order valence-corrected chi connectivity index (χ4v) is 2.85. The van der Waals surface area contributed by atoms with Crippen molar-refractivity contribution >= 4 is 17.4 Å². The Bertz CT molecular complexity index is 813. The molecule has 1 aliphatic carbocycles. The van der Waals surface area contributed by atoms with Crippen LogP contribution in [0.1, 0.15) is 65.8 Å². The van der Waals surface area contributed by atoms with Gasteiger partial charge in [0, 0.05) is 19.2 Å². The van der Waals surface area contributed by atoms with E-state index in [1.54, 1.807) is 32.3 Å². The smallest absolute Gasteiger partial charge is 0.293 e. The first-order valence-corrected chi connectivity index (χ1v) is 10.5. The van der Waals surface area contributed by atoms with Crippen LogP contribution >= 0.6 is 0 Å². The van der Waals surface area contributed by atoms with Crippen molar-refractivity contribution in [2.24, 2.45) is 5.92 Å². The summed E-state index contributed by atoms with van der Waals surface area (Å²) in [4.78, 5) is 17.5. The highest BCUT2D eigenvalue weighted by atomic mass is 16.5. The van der Waals surface area contributed by atoms with E-state index in [1.165, 1.54) is 9.58 Å². The summed E-state index contributed by atoms with van der Waals surface area (Å²) in [5.41, 5.74) is 1.96. The standard InChI is InChI=1S/C15H17N5O3.3C2H6/c1-8-7-11-15(22,23)19(2)12-10(20(11)18-8)5-6-16-13(12)17-14(21)9-3-4-9;3*1-2/h5-7,9,22-23H,3-4H2,1-2H3,(H,16,17,21);3*1-2H3. The molecule has 4 rings (SSSR count). The van der Waals surface area contributed by atoms with Gasteiger partial charge < -0.3 is 20.4 Å². The van der Waals surface area contributed by atoms with E-state index in [0.29, 0.717) is 22.9 Å². The van der Waals surface area contributed by atoms with Gasteiger partial charge in [-0.3, -0.25) is 4.79 Å². The van der Waals surface area contributed by atoms with Gasteiger partial charge in [0.25, 0.3) is 5.91 Å². The van der Waals surface area contributed by atoms with Gasteiger partial charge >= 0.3 is 0 Å². The molecule has 162 valence electrons. The van der Waals surface area contributed by atoms with Gasteiger partial charge in [-0.05, 0) is 31.9 Å². The highest BCUT2D eigenvalue weighted by molar-refractivity contribution is 5.97. The normalized spacial score (nSPS) is 15.2. The Morgan fingerprint density at radius 1 is 1.17 bits per heavy atom. The Morgan fingerprint density at radius 2 is 1.76 bits per heavy atom. The van der Waals surface area contributed by atoms with Crippen molar-refractivity contribution in [2.75, 3.05) is 17.3 Å². The number of nitrogens with one attached hydrogen (secondary N) is 1. The van der Waals surface area contributed by atoms with Crippen LogP contribution in [-0.4, -0.2) is 37.9 Å². The fourth-order valence-electron chi connectivity index (χ4n) is 2.85. The number of aliphatic hydroxyl groups is 2. The van der Waals surface area contributed by atoms with Gasteiger partial charge in [-0.15, -0.1) is 0 Å². The van der Waals surface area contributed by atoms with E-state index in [4.69, 9.17) is 0 Å². The average molecular weight is 406 g/mol. The number of pyridine rings is 1. The molecule has 0 radical (unpaired) electrons. The maximum Gasteiger partial charge on any atom is 0.293 e. The van der Waals surface area contributed by atoms with Crippen molar-refractivity contribution in [1.29, 1.82) is 0 Å². The first-order valence-electron chi connectivity index (χ1n) is 10.5. The Kier molecular flexibility index (Phi) is 8.79. The van der Waals surface area contributed by atoms with Crippen LogP contribution in [0.3, 0.4) is 0 Å². The highest BCUT2D eigenvalue weighted by Gasteiger charge is 2.43. The molecule has 0 atom stereocenters. The molecule has 0 saturated heterocycles. The third-order valence-electron chi connectivity index (χ3n) is 4.30. The predicted octanol–water partition coefficient (Wildman–Crippen LogP) is 3.55. The lowest BCUT2D eigenvalue weighted by Gasteiger charge is -2.39. The van der Waals surface area contributed by atoms with Crippen molar-refractivity contribution in [3.63, 3.8) is 0 Å². The molecule has 3 heterocycles.